The van der Waals surface area contributed by atoms with Gasteiger partial charge in [0.15, 0.2) is 0 Å². The zero-order valence-corrected chi connectivity index (χ0v) is 17.1. The first-order valence-electron chi connectivity index (χ1n) is 9.48. The second-order valence-corrected chi connectivity index (χ2v) is 7.49. The summed E-state index contributed by atoms with van der Waals surface area (Å²) in [5.41, 5.74) is 4.07. The van der Waals surface area contributed by atoms with Crippen LogP contribution in [0.4, 0.5) is 5.69 Å². The van der Waals surface area contributed by atoms with E-state index >= 15 is 0 Å². The number of aryl methyl sites for hydroxylation is 1. The Bertz CT molecular complexity index is 1190. The fraction of sp³-hybridized carbons (Fsp3) is 0.0833. The summed E-state index contributed by atoms with van der Waals surface area (Å²) < 4.78 is 1.74. The first-order valence-corrected chi connectivity index (χ1v) is 9.86. The van der Waals surface area contributed by atoms with Crippen molar-refractivity contribution in [1.82, 2.24) is 9.78 Å². The third-order valence-electron chi connectivity index (χ3n) is 4.71. The van der Waals surface area contributed by atoms with Crippen molar-refractivity contribution in [2.24, 2.45) is 0 Å². The van der Waals surface area contributed by atoms with E-state index in [0.29, 0.717) is 28.5 Å². The van der Waals surface area contributed by atoms with Gasteiger partial charge in [-0.15, -0.1) is 0 Å². The van der Waals surface area contributed by atoms with Crippen LogP contribution in [0.2, 0.25) is 5.02 Å². The van der Waals surface area contributed by atoms with E-state index in [0.717, 1.165) is 16.7 Å². The SMILES string of the molecule is Cc1ccc(NC(=O)c2cn(Cc3ccccc3)nc2-c2ccc(Cl)cc2)c(O)c1. The number of phenols is 1. The molecule has 5 nitrogen and oxygen atoms in total. The summed E-state index contributed by atoms with van der Waals surface area (Å²) in [5.74, 6) is -0.327. The van der Waals surface area contributed by atoms with Crippen LogP contribution in [0.5, 0.6) is 5.75 Å². The fourth-order valence-corrected chi connectivity index (χ4v) is 3.32. The van der Waals surface area contributed by atoms with Crippen molar-refractivity contribution in [2.45, 2.75) is 13.5 Å². The number of halogens is 1. The van der Waals surface area contributed by atoms with E-state index in [-0.39, 0.29) is 11.7 Å². The van der Waals surface area contributed by atoms with Gasteiger partial charge in [-0.25, -0.2) is 0 Å². The summed E-state index contributed by atoms with van der Waals surface area (Å²) >= 11 is 6.02. The van der Waals surface area contributed by atoms with Gasteiger partial charge in [0.25, 0.3) is 5.91 Å². The van der Waals surface area contributed by atoms with E-state index in [9.17, 15) is 9.90 Å². The molecule has 0 aliphatic rings. The molecule has 150 valence electrons. The zero-order chi connectivity index (χ0) is 21.1. The number of hydrogen-bond donors (Lipinski definition) is 2. The maximum absolute atomic E-state index is 13.1. The van der Waals surface area contributed by atoms with Crippen LogP contribution >= 0.6 is 11.6 Å². The lowest BCUT2D eigenvalue weighted by Crippen LogP contribution is -2.12. The number of aromatic nitrogens is 2. The Morgan fingerprint density at radius 3 is 2.50 bits per heavy atom. The minimum atomic E-state index is -0.349. The predicted octanol–water partition coefficient (Wildman–Crippen LogP) is 5.52. The molecule has 1 amide bonds. The molecule has 0 atom stereocenters. The number of amides is 1. The number of carbonyl (C=O) groups is 1. The molecule has 4 rings (SSSR count). The van der Waals surface area contributed by atoms with Gasteiger partial charge in [0.1, 0.15) is 11.4 Å². The maximum Gasteiger partial charge on any atom is 0.259 e. The highest BCUT2D eigenvalue weighted by atomic mass is 35.5. The molecule has 0 spiro atoms. The first kappa shape index (κ1) is 19.7. The van der Waals surface area contributed by atoms with E-state index in [2.05, 4.69) is 10.4 Å². The minimum Gasteiger partial charge on any atom is -0.506 e. The van der Waals surface area contributed by atoms with Crippen molar-refractivity contribution in [3.05, 3.63) is 101 Å². The molecular weight excluding hydrogens is 398 g/mol. The summed E-state index contributed by atoms with van der Waals surface area (Å²) in [7, 11) is 0. The average Bonchev–Trinajstić information content (AvgIpc) is 3.15. The third-order valence-corrected chi connectivity index (χ3v) is 4.96. The number of benzene rings is 3. The molecule has 1 aromatic heterocycles. The van der Waals surface area contributed by atoms with Gasteiger partial charge in [0, 0.05) is 16.8 Å². The molecule has 0 aliphatic carbocycles. The highest BCUT2D eigenvalue weighted by molar-refractivity contribution is 6.30. The molecule has 6 heteroatoms. The zero-order valence-electron chi connectivity index (χ0n) is 16.3. The number of nitrogens with zero attached hydrogens (tertiary/aromatic N) is 2. The molecular formula is C24H20ClN3O2. The van der Waals surface area contributed by atoms with Crippen molar-refractivity contribution in [2.75, 3.05) is 5.32 Å². The summed E-state index contributed by atoms with van der Waals surface area (Å²) in [6.45, 7) is 2.40. The first-order chi connectivity index (χ1) is 14.5. The maximum atomic E-state index is 13.1. The van der Waals surface area contributed by atoms with Gasteiger partial charge in [0.2, 0.25) is 0 Å². The largest absolute Gasteiger partial charge is 0.506 e. The Morgan fingerprint density at radius 1 is 1.07 bits per heavy atom. The normalized spacial score (nSPS) is 10.7. The molecule has 0 bridgehead atoms. The van der Waals surface area contributed by atoms with E-state index in [1.54, 1.807) is 35.1 Å². The molecule has 0 aliphatic heterocycles. The molecule has 0 saturated heterocycles. The molecule has 3 aromatic carbocycles. The summed E-state index contributed by atoms with van der Waals surface area (Å²) in [5, 5.41) is 18.2. The van der Waals surface area contributed by atoms with Gasteiger partial charge in [-0.3, -0.25) is 9.48 Å². The number of anilines is 1. The average molecular weight is 418 g/mol. The molecule has 0 radical (unpaired) electrons. The van der Waals surface area contributed by atoms with Crippen molar-refractivity contribution in [1.29, 1.82) is 0 Å². The van der Waals surface area contributed by atoms with Gasteiger partial charge in [-0.1, -0.05) is 60.1 Å². The smallest absolute Gasteiger partial charge is 0.259 e. The lowest BCUT2D eigenvalue weighted by molar-refractivity contribution is 0.102. The second-order valence-electron chi connectivity index (χ2n) is 7.06. The van der Waals surface area contributed by atoms with Gasteiger partial charge < -0.3 is 10.4 Å². The number of carbonyl (C=O) groups excluding carboxylic acids is 1. The third kappa shape index (κ3) is 4.36. The summed E-state index contributed by atoms with van der Waals surface area (Å²) in [6.07, 6.45) is 1.72. The van der Waals surface area contributed by atoms with Crippen LogP contribution in [0.3, 0.4) is 0 Å². The fourth-order valence-electron chi connectivity index (χ4n) is 3.20. The Hall–Kier alpha value is -3.57. The van der Waals surface area contributed by atoms with Crippen LogP contribution in [0, 0.1) is 6.92 Å². The molecule has 30 heavy (non-hydrogen) atoms. The van der Waals surface area contributed by atoms with Crippen LogP contribution in [0.15, 0.2) is 79.0 Å². The van der Waals surface area contributed by atoms with Crippen molar-refractivity contribution >= 4 is 23.2 Å². The van der Waals surface area contributed by atoms with E-state index in [1.807, 2.05) is 55.5 Å². The van der Waals surface area contributed by atoms with Crippen molar-refractivity contribution in [3.63, 3.8) is 0 Å². The molecule has 0 fully saturated rings. The predicted molar refractivity (Wildman–Crippen MR) is 119 cm³/mol. The Kier molecular flexibility index (Phi) is 5.55. The topological polar surface area (TPSA) is 67.2 Å². The molecule has 1 heterocycles. The lowest BCUT2D eigenvalue weighted by atomic mass is 10.1. The Balaban J connectivity index is 1.70. The van der Waals surface area contributed by atoms with E-state index in [4.69, 9.17) is 11.6 Å². The van der Waals surface area contributed by atoms with Gasteiger partial charge in [-0.05, 0) is 42.3 Å². The summed E-state index contributed by atoms with van der Waals surface area (Å²) in [6, 6.07) is 22.2. The highest BCUT2D eigenvalue weighted by Gasteiger charge is 2.19. The molecule has 4 aromatic rings. The van der Waals surface area contributed by atoms with Gasteiger partial charge >= 0.3 is 0 Å². The lowest BCUT2D eigenvalue weighted by Gasteiger charge is -2.08. The Morgan fingerprint density at radius 2 is 1.80 bits per heavy atom. The quantitative estimate of drug-likeness (QED) is 0.420. The molecule has 0 saturated carbocycles. The van der Waals surface area contributed by atoms with Crippen LogP contribution in [0.1, 0.15) is 21.5 Å². The van der Waals surface area contributed by atoms with Crippen molar-refractivity contribution in [3.8, 4) is 17.0 Å². The number of rotatable bonds is 5. The standard InChI is InChI=1S/C24H20ClN3O2/c1-16-7-12-21(22(29)13-16)26-24(30)20-15-28(14-17-5-3-2-4-6-17)27-23(20)18-8-10-19(25)11-9-18/h2-13,15,29H,14H2,1H3,(H,26,30). The molecule has 0 unspecified atom stereocenters. The summed E-state index contributed by atoms with van der Waals surface area (Å²) in [4.78, 5) is 13.1. The number of phenolic OH excluding ortho intramolecular Hbond substituents is 1. The van der Waals surface area contributed by atoms with Crippen LogP contribution in [0.25, 0.3) is 11.3 Å². The van der Waals surface area contributed by atoms with Crippen LogP contribution in [-0.4, -0.2) is 20.8 Å². The second kappa shape index (κ2) is 8.43. The Labute approximate surface area is 179 Å². The van der Waals surface area contributed by atoms with Crippen LogP contribution in [-0.2, 0) is 6.54 Å². The number of aromatic hydroxyl groups is 1. The van der Waals surface area contributed by atoms with E-state index < -0.39 is 0 Å². The highest BCUT2D eigenvalue weighted by Crippen LogP contribution is 2.28. The monoisotopic (exact) mass is 417 g/mol. The van der Waals surface area contributed by atoms with E-state index in [1.165, 1.54) is 0 Å². The van der Waals surface area contributed by atoms with Crippen LogP contribution < -0.4 is 5.32 Å². The molecule has 2 N–H and O–H groups in total. The van der Waals surface area contributed by atoms with Crippen molar-refractivity contribution < 1.29 is 9.90 Å². The van der Waals surface area contributed by atoms with Gasteiger partial charge in [-0.2, -0.15) is 5.10 Å². The number of hydrogen-bond acceptors (Lipinski definition) is 3. The number of nitrogens with one attached hydrogen (secondary N) is 1. The minimum absolute atomic E-state index is 0.0214. The van der Waals surface area contributed by atoms with Gasteiger partial charge in [0.05, 0.1) is 17.8 Å².